The fraction of sp³-hybridized carbons (Fsp3) is 0.333. The molecule has 26 heavy (non-hydrogen) atoms. The predicted octanol–water partition coefficient (Wildman–Crippen LogP) is 4.30. The molecular weight excluding hydrogens is 333 g/mol. The molecule has 0 bridgehead atoms. The Hall–Kier alpha value is -2.69. The molecule has 1 aliphatic rings. The standard InChI is InChI=1S/C21H22FNO3/c1-3-14(2)16-8-4-7-11-19(16)26-21(25)15-12-20(24)23(13-15)18-10-6-5-9-17(18)22/h4-11,14-15H,3,12-13H2,1-2H3. The zero-order valence-electron chi connectivity index (χ0n) is 14.9. The number of nitrogens with zero attached hydrogens (tertiary/aromatic N) is 1. The molecule has 0 spiro atoms. The minimum atomic E-state index is -0.605. The van der Waals surface area contributed by atoms with E-state index in [0.717, 1.165) is 12.0 Å². The highest BCUT2D eigenvalue weighted by molar-refractivity contribution is 5.99. The van der Waals surface area contributed by atoms with Crippen molar-refractivity contribution in [2.24, 2.45) is 5.92 Å². The fourth-order valence-electron chi connectivity index (χ4n) is 3.16. The number of rotatable bonds is 5. The Bertz CT molecular complexity index is 820. The Morgan fingerprint density at radius 3 is 2.65 bits per heavy atom. The molecule has 2 aromatic carbocycles. The molecule has 2 aromatic rings. The van der Waals surface area contributed by atoms with Crippen LogP contribution in [0.15, 0.2) is 48.5 Å². The summed E-state index contributed by atoms with van der Waals surface area (Å²) in [7, 11) is 0. The molecule has 4 nitrogen and oxygen atoms in total. The van der Waals surface area contributed by atoms with Crippen LogP contribution in [0.1, 0.15) is 38.2 Å². The minimum Gasteiger partial charge on any atom is -0.426 e. The van der Waals surface area contributed by atoms with Gasteiger partial charge < -0.3 is 9.64 Å². The van der Waals surface area contributed by atoms with Gasteiger partial charge in [-0.05, 0) is 36.1 Å². The van der Waals surface area contributed by atoms with Crippen molar-refractivity contribution in [3.63, 3.8) is 0 Å². The molecule has 1 heterocycles. The molecule has 2 atom stereocenters. The first kappa shape index (κ1) is 18.1. The summed E-state index contributed by atoms with van der Waals surface area (Å²) >= 11 is 0. The number of carbonyl (C=O) groups is 2. The highest BCUT2D eigenvalue weighted by Crippen LogP contribution is 2.31. The van der Waals surface area contributed by atoms with Crippen molar-refractivity contribution >= 4 is 17.6 Å². The maximum Gasteiger partial charge on any atom is 0.316 e. The summed E-state index contributed by atoms with van der Waals surface area (Å²) in [6, 6.07) is 13.5. The normalized spacial score (nSPS) is 18.0. The average molecular weight is 355 g/mol. The van der Waals surface area contributed by atoms with E-state index in [4.69, 9.17) is 4.74 Å². The molecule has 0 N–H and O–H groups in total. The SMILES string of the molecule is CCC(C)c1ccccc1OC(=O)C1CC(=O)N(c2ccccc2F)C1. The maximum atomic E-state index is 14.0. The second kappa shape index (κ2) is 7.68. The van der Waals surface area contributed by atoms with E-state index in [9.17, 15) is 14.0 Å². The van der Waals surface area contributed by atoms with Crippen LogP contribution in [0.25, 0.3) is 0 Å². The van der Waals surface area contributed by atoms with Gasteiger partial charge in [0.15, 0.2) is 0 Å². The van der Waals surface area contributed by atoms with Gasteiger partial charge in [-0.25, -0.2) is 4.39 Å². The molecule has 3 rings (SSSR count). The first-order valence-electron chi connectivity index (χ1n) is 8.86. The van der Waals surface area contributed by atoms with Gasteiger partial charge in [-0.15, -0.1) is 0 Å². The smallest absolute Gasteiger partial charge is 0.316 e. The number of benzene rings is 2. The van der Waals surface area contributed by atoms with Crippen molar-refractivity contribution in [3.05, 3.63) is 59.9 Å². The van der Waals surface area contributed by atoms with Gasteiger partial charge in [-0.3, -0.25) is 9.59 Å². The number of halogens is 1. The Morgan fingerprint density at radius 2 is 1.92 bits per heavy atom. The number of esters is 1. The molecule has 1 saturated heterocycles. The van der Waals surface area contributed by atoms with Gasteiger partial charge in [0.1, 0.15) is 11.6 Å². The molecule has 2 unspecified atom stereocenters. The monoisotopic (exact) mass is 355 g/mol. The van der Waals surface area contributed by atoms with Crippen LogP contribution in [0.4, 0.5) is 10.1 Å². The summed E-state index contributed by atoms with van der Waals surface area (Å²) in [5, 5.41) is 0. The lowest BCUT2D eigenvalue weighted by Crippen LogP contribution is -2.28. The lowest BCUT2D eigenvalue weighted by molar-refractivity contribution is -0.139. The van der Waals surface area contributed by atoms with Gasteiger partial charge in [0.05, 0.1) is 11.6 Å². The fourth-order valence-corrected chi connectivity index (χ4v) is 3.16. The summed E-state index contributed by atoms with van der Waals surface area (Å²) in [5.41, 5.74) is 1.17. The third-order valence-corrected chi connectivity index (χ3v) is 4.87. The molecule has 0 aliphatic carbocycles. The van der Waals surface area contributed by atoms with Crippen LogP contribution in [0, 0.1) is 11.7 Å². The van der Waals surface area contributed by atoms with Crippen LogP contribution in [0.3, 0.4) is 0 Å². The summed E-state index contributed by atoms with van der Waals surface area (Å²) < 4.78 is 19.6. The molecule has 1 amide bonds. The first-order valence-corrected chi connectivity index (χ1v) is 8.86. The predicted molar refractivity (Wildman–Crippen MR) is 97.6 cm³/mol. The Balaban J connectivity index is 1.74. The van der Waals surface area contributed by atoms with Crippen LogP contribution < -0.4 is 9.64 Å². The molecule has 0 radical (unpaired) electrons. The van der Waals surface area contributed by atoms with Gasteiger partial charge in [0.2, 0.25) is 5.91 Å². The Kier molecular flexibility index (Phi) is 5.35. The van der Waals surface area contributed by atoms with Gasteiger partial charge in [-0.2, -0.15) is 0 Å². The topological polar surface area (TPSA) is 46.6 Å². The number of carbonyl (C=O) groups excluding carboxylic acids is 2. The van der Waals surface area contributed by atoms with Crippen LogP contribution in [0.5, 0.6) is 5.75 Å². The molecule has 0 saturated carbocycles. The lowest BCUT2D eigenvalue weighted by Gasteiger charge is -2.18. The molecular formula is C21H22FNO3. The maximum absolute atomic E-state index is 14.0. The number of hydrogen-bond acceptors (Lipinski definition) is 3. The van der Waals surface area contributed by atoms with E-state index in [1.807, 2.05) is 18.2 Å². The molecule has 5 heteroatoms. The second-order valence-electron chi connectivity index (χ2n) is 6.63. The van der Waals surface area contributed by atoms with E-state index in [1.165, 1.54) is 11.0 Å². The van der Waals surface area contributed by atoms with Crippen LogP contribution in [-0.4, -0.2) is 18.4 Å². The third kappa shape index (κ3) is 3.62. The number of ether oxygens (including phenoxy) is 1. The number of amides is 1. The zero-order valence-corrected chi connectivity index (χ0v) is 14.9. The number of hydrogen-bond donors (Lipinski definition) is 0. The van der Waals surface area contributed by atoms with Crippen molar-refractivity contribution in [2.45, 2.75) is 32.6 Å². The van der Waals surface area contributed by atoms with E-state index >= 15 is 0 Å². The molecule has 136 valence electrons. The Labute approximate surface area is 152 Å². The van der Waals surface area contributed by atoms with Crippen molar-refractivity contribution in [3.8, 4) is 5.75 Å². The van der Waals surface area contributed by atoms with E-state index in [2.05, 4.69) is 13.8 Å². The molecule has 1 fully saturated rings. The van der Waals surface area contributed by atoms with E-state index in [1.54, 1.807) is 24.3 Å². The summed E-state index contributed by atoms with van der Waals surface area (Å²) in [6.45, 7) is 4.28. The quantitative estimate of drug-likeness (QED) is 0.593. The second-order valence-corrected chi connectivity index (χ2v) is 6.63. The summed E-state index contributed by atoms with van der Waals surface area (Å²) in [6.07, 6.45) is 0.955. The molecule has 0 aromatic heterocycles. The van der Waals surface area contributed by atoms with Crippen LogP contribution in [-0.2, 0) is 9.59 Å². The number of para-hydroxylation sites is 2. The van der Waals surface area contributed by atoms with Crippen molar-refractivity contribution in [1.29, 1.82) is 0 Å². The largest absolute Gasteiger partial charge is 0.426 e. The van der Waals surface area contributed by atoms with Gasteiger partial charge in [0, 0.05) is 13.0 Å². The minimum absolute atomic E-state index is 0.0265. The lowest BCUT2D eigenvalue weighted by atomic mass is 9.98. The van der Waals surface area contributed by atoms with Crippen LogP contribution >= 0.6 is 0 Å². The van der Waals surface area contributed by atoms with Crippen molar-refractivity contribution in [1.82, 2.24) is 0 Å². The highest BCUT2D eigenvalue weighted by Gasteiger charge is 2.37. The summed E-state index contributed by atoms with van der Waals surface area (Å²) in [5.74, 6) is -1.01. The molecule has 1 aliphatic heterocycles. The third-order valence-electron chi connectivity index (χ3n) is 4.87. The first-order chi connectivity index (χ1) is 12.5. The van der Waals surface area contributed by atoms with Crippen LogP contribution in [0.2, 0.25) is 0 Å². The number of anilines is 1. The van der Waals surface area contributed by atoms with Gasteiger partial charge in [-0.1, -0.05) is 44.2 Å². The van der Waals surface area contributed by atoms with E-state index in [0.29, 0.717) is 5.75 Å². The van der Waals surface area contributed by atoms with Crippen molar-refractivity contribution in [2.75, 3.05) is 11.4 Å². The van der Waals surface area contributed by atoms with Gasteiger partial charge >= 0.3 is 5.97 Å². The highest BCUT2D eigenvalue weighted by atomic mass is 19.1. The van der Waals surface area contributed by atoms with Crippen molar-refractivity contribution < 1.29 is 18.7 Å². The Morgan fingerprint density at radius 1 is 1.23 bits per heavy atom. The van der Waals surface area contributed by atoms with E-state index in [-0.39, 0.29) is 30.5 Å². The van der Waals surface area contributed by atoms with Gasteiger partial charge in [0.25, 0.3) is 0 Å². The van der Waals surface area contributed by atoms with E-state index < -0.39 is 17.7 Å². The summed E-state index contributed by atoms with van der Waals surface area (Å²) in [4.78, 5) is 26.2. The zero-order chi connectivity index (χ0) is 18.7. The average Bonchev–Trinajstić information content (AvgIpc) is 3.03.